The lowest BCUT2D eigenvalue weighted by Crippen LogP contribution is -2.46. The first-order valence-corrected chi connectivity index (χ1v) is 14.3. The number of H-pyrrole nitrogens is 1. The molecular weight excluding hydrogens is 530 g/mol. The van der Waals surface area contributed by atoms with Crippen molar-refractivity contribution in [1.29, 1.82) is 5.41 Å². The third-order valence-corrected chi connectivity index (χ3v) is 7.43. The first-order chi connectivity index (χ1) is 20.0. The normalized spacial score (nSPS) is 13.7. The summed E-state index contributed by atoms with van der Waals surface area (Å²) >= 11 is 0. The van der Waals surface area contributed by atoms with E-state index < -0.39 is 0 Å². The lowest BCUT2D eigenvalue weighted by molar-refractivity contribution is 0.0950. The average molecular weight is 572 g/mol. The molecule has 0 atom stereocenters. The summed E-state index contributed by atoms with van der Waals surface area (Å²) in [5.41, 5.74) is 5.00. The van der Waals surface area contributed by atoms with Crippen LogP contribution in [0.15, 0.2) is 53.7 Å². The second kappa shape index (κ2) is 13.5. The number of anilines is 2. The number of aryl methyl sites for hydroxylation is 2. The van der Waals surface area contributed by atoms with Gasteiger partial charge in [-0.2, -0.15) is 0 Å². The number of nitrogens with zero attached hydrogens (tertiary/aromatic N) is 3. The number of amides is 1. The Hall–Kier alpha value is -4.44. The maximum absolute atomic E-state index is 13.5. The highest BCUT2D eigenvalue weighted by molar-refractivity contribution is 6.06. The molecule has 42 heavy (non-hydrogen) atoms. The molecule has 0 spiro atoms. The molecule has 5 N–H and O–H groups in total. The number of carbonyl (C=O) groups is 1. The van der Waals surface area contributed by atoms with Gasteiger partial charge in [0, 0.05) is 92.2 Å². The molecule has 0 bridgehead atoms. The van der Waals surface area contributed by atoms with E-state index in [1.54, 1.807) is 6.07 Å². The Balaban J connectivity index is 1.57. The van der Waals surface area contributed by atoms with Gasteiger partial charge in [-0.25, -0.2) is 4.98 Å². The zero-order valence-electron chi connectivity index (χ0n) is 24.9. The number of aliphatic hydroxyl groups excluding tert-OH is 1. The molecule has 3 heterocycles. The fraction of sp³-hybridized carbons (Fsp3) is 0.375. The van der Waals surface area contributed by atoms with Crippen LogP contribution in [0.5, 0.6) is 0 Å². The van der Waals surface area contributed by atoms with Gasteiger partial charge in [-0.15, -0.1) is 0 Å². The van der Waals surface area contributed by atoms with Crippen LogP contribution in [0.1, 0.15) is 53.0 Å². The van der Waals surface area contributed by atoms with Gasteiger partial charge in [0.05, 0.1) is 11.3 Å². The largest absolute Gasteiger partial charge is 0.513 e. The number of aliphatic hydroxyl groups is 1. The summed E-state index contributed by atoms with van der Waals surface area (Å²) in [7, 11) is 0. The van der Waals surface area contributed by atoms with E-state index >= 15 is 0 Å². The van der Waals surface area contributed by atoms with Crippen molar-refractivity contribution in [3.63, 3.8) is 0 Å². The number of rotatable bonds is 11. The van der Waals surface area contributed by atoms with Crippen molar-refractivity contribution < 1.29 is 9.90 Å². The number of nitrogens with one attached hydrogen (secondary N) is 4. The van der Waals surface area contributed by atoms with Crippen molar-refractivity contribution in [3.8, 4) is 11.1 Å². The number of aromatic amines is 1. The molecule has 1 fully saturated rings. The van der Waals surface area contributed by atoms with Gasteiger partial charge in [0.1, 0.15) is 5.82 Å². The number of carbonyl (C=O) groups excluding carboxylic acids is 1. The molecule has 2 aromatic heterocycles. The lowest BCUT2D eigenvalue weighted by atomic mass is 9.97. The summed E-state index contributed by atoms with van der Waals surface area (Å²) in [5, 5.41) is 23.7. The van der Waals surface area contributed by atoms with Crippen LogP contribution in [0.2, 0.25) is 0 Å². The van der Waals surface area contributed by atoms with E-state index in [0.717, 1.165) is 60.9 Å². The SMILES string of the molecule is C=C(O)CCN1CCN(c2ccc(-c3cc(NC(C)C)c(C=N)c(C(=O)NCc4c(C)cc(C)[nH]c4=O)c3)cn2)CC1. The standard InChI is InChI=1S/C32H41N7O3/c1-20(2)36-29-16-25(24-6-7-30(34-18-24)39-12-10-38(11-13-39)9-8-23(5)40)15-26(27(29)17-33)31(41)35-19-28-21(3)14-22(4)37-32(28)42/h6-7,14-18,20,33,36,40H,5,8-13,19H2,1-4H3,(H,35,41)(H,37,42). The maximum atomic E-state index is 13.5. The predicted molar refractivity (Wildman–Crippen MR) is 169 cm³/mol. The number of hydrogen-bond donors (Lipinski definition) is 5. The number of piperazine rings is 1. The van der Waals surface area contributed by atoms with Crippen LogP contribution < -0.4 is 21.1 Å². The highest BCUT2D eigenvalue weighted by Crippen LogP contribution is 2.30. The van der Waals surface area contributed by atoms with E-state index in [1.165, 1.54) is 6.21 Å². The summed E-state index contributed by atoms with van der Waals surface area (Å²) in [4.78, 5) is 38.0. The highest BCUT2D eigenvalue weighted by atomic mass is 16.3. The topological polar surface area (TPSA) is 137 Å². The minimum atomic E-state index is -0.367. The molecule has 10 heteroatoms. The van der Waals surface area contributed by atoms with Crippen LogP contribution in [0.4, 0.5) is 11.5 Å². The monoisotopic (exact) mass is 571 g/mol. The molecule has 222 valence electrons. The summed E-state index contributed by atoms with van der Waals surface area (Å²) in [5.74, 6) is 0.736. The molecule has 0 radical (unpaired) electrons. The van der Waals surface area contributed by atoms with Crippen LogP contribution in [0, 0.1) is 19.3 Å². The zero-order valence-corrected chi connectivity index (χ0v) is 24.9. The minimum absolute atomic E-state index is 0.0765. The fourth-order valence-electron chi connectivity index (χ4n) is 5.19. The number of hydrogen-bond acceptors (Lipinski definition) is 8. The van der Waals surface area contributed by atoms with Gasteiger partial charge in [0.15, 0.2) is 0 Å². The molecule has 10 nitrogen and oxygen atoms in total. The molecule has 1 aromatic carbocycles. The van der Waals surface area contributed by atoms with E-state index in [9.17, 15) is 14.7 Å². The van der Waals surface area contributed by atoms with Crippen LogP contribution in [0.25, 0.3) is 11.1 Å². The zero-order chi connectivity index (χ0) is 30.4. The van der Waals surface area contributed by atoms with Crippen molar-refractivity contribution in [3.05, 3.63) is 87.2 Å². The third-order valence-electron chi connectivity index (χ3n) is 7.43. The molecule has 1 amide bonds. The lowest BCUT2D eigenvalue weighted by Gasteiger charge is -2.35. The predicted octanol–water partition coefficient (Wildman–Crippen LogP) is 4.39. The summed E-state index contributed by atoms with van der Waals surface area (Å²) < 4.78 is 0. The Morgan fingerprint density at radius 2 is 1.90 bits per heavy atom. The highest BCUT2D eigenvalue weighted by Gasteiger charge is 2.20. The van der Waals surface area contributed by atoms with Gasteiger partial charge in [-0.1, -0.05) is 6.58 Å². The quantitative estimate of drug-likeness (QED) is 0.170. The molecule has 1 aliphatic heterocycles. The Kier molecular flexibility index (Phi) is 9.80. The molecule has 0 aliphatic carbocycles. The Bertz CT molecular complexity index is 1500. The second-order valence-corrected chi connectivity index (χ2v) is 11.1. The van der Waals surface area contributed by atoms with Crippen LogP contribution >= 0.6 is 0 Å². The summed E-state index contributed by atoms with van der Waals surface area (Å²) in [6.07, 6.45) is 3.58. The van der Waals surface area contributed by atoms with E-state index in [2.05, 4.69) is 32.0 Å². The minimum Gasteiger partial charge on any atom is -0.513 e. The van der Waals surface area contributed by atoms with Gasteiger partial charge in [-0.05, 0) is 69.2 Å². The van der Waals surface area contributed by atoms with Crippen LogP contribution in [-0.2, 0) is 6.54 Å². The molecule has 3 aromatic rings. The smallest absolute Gasteiger partial charge is 0.253 e. The molecular formula is C32H41N7O3. The van der Waals surface area contributed by atoms with Crippen molar-refractivity contribution in [2.75, 3.05) is 42.9 Å². The number of pyridine rings is 2. The average Bonchev–Trinajstić information content (AvgIpc) is 2.95. The molecule has 1 aliphatic rings. The van der Waals surface area contributed by atoms with Gasteiger partial charge < -0.3 is 31.0 Å². The van der Waals surface area contributed by atoms with Gasteiger partial charge in [-0.3, -0.25) is 14.5 Å². The second-order valence-electron chi connectivity index (χ2n) is 11.1. The summed E-state index contributed by atoms with van der Waals surface area (Å²) in [6.45, 7) is 15.6. The van der Waals surface area contributed by atoms with Crippen molar-refractivity contribution in [2.24, 2.45) is 0 Å². The molecule has 4 rings (SSSR count). The number of benzene rings is 1. The van der Waals surface area contributed by atoms with Crippen LogP contribution in [0.3, 0.4) is 0 Å². The van der Waals surface area contributed by atoms with Gasteiger partial charge >= 0.3 is 0 Å². The van der Waals surface area contributed by atoms with E-state index in [4.69, 9.17) is 10.4 Å². The number of aromatic nitrogens is 2. The van der Waals surface area contributed by atoms with E-state index in [1.807, 2.05) is 58.2 Å². The Morgan fingerprint density at radius 1 is 1.17 bits per heavy atom. The van der Waals surface area contributed by atoms with Crippen molar-refractivity contribution in [2.45, 2.75) is 46.7 Å². The first kappa shape index (κ1) is 30.5. The van der Waals surface area contributed by atoms with Gasteiger partial charge in [0.2, 0.25) is 0 Å². The molecule has 1 saturated heterocycles. The Labute approximate surface area is 247 Å². The van der Waals surface area contributed by atoms with Crippen molar-refractivity contribution >= 4 is 23.6 Å². The Morgan fingerprint density at radius 3 is 2.50 bits per heavy atom. The van der Waals surface area contributed by atoms with E-state index in [-0.39, 0.29) is 29.8 Å². The first-order valence-electron chi connectivity index (χ1n) is 14.3. The van der Waals surface area contributed by atoms with Gasteiger partial charge in [0.25, 0.3) is 11.5 Å². The molecule has 0 saturated carbocycles. The van der Waals surface area contributed by atoms with Crippen molar-refractivity contribution in [1.82, 2.24) is 20.2 Å². The van der Waals surface area contributed by atoms with E-state index in [0.29, 0.717) is 28.8 Å². The van der Waals surface area contributed by atoms with Crippen LogP contribution in [-0.4, -0.2) is 70.9 Å². The fourth-order valence-corrected chi connectivity index (χ4v) is 5.19. The maximum Gasteiger partial charge on any atom is 0.253 e. The molecule has 0 unspecified atom stereocenters. The summed E-state index contributed by atoms with van der Waals surface area (Å²) in [6, 6.07) is 9.67. The third kappa shape index (κ3) is 7.44.